The predicted octanol–water partition coefficient (Wildman–Crippen LogP) is -1.01. The fourth-order valence-corrected chi connectivity index (χ4v) is 3.03. The lowest BCUT2D eigenvalue weighted by Gasteiger charge is -2.10. The van der Waals surface area contributed by atoms with E-state index in [-0.39, 0.29) is 28.7 Å². The van der Waals surface area contributed by atoms with Crippen molar-refractivity contribution in [3.63, 3.8) is 0 Å². The summed E-state index contributed by atoms with van der Waals surface area (Å²) in [5, 5.41) is 3.43. The number of aryl methyl sites for hydroxylation is 2. The monoisotopic (exact) mass is 562 g/mol. The Morgan fingerprint density at radius 2 is 0.973 bits per heavy atom. The normalized spacial score (nSPS) is 12.5. The van der Waals surface area contributed by atoms with E-state index in [1.54, 1.807) is 62.8 Å². The van der Waals surface area contributed by atoms with Crippen LogP contribution in [-0.2, 0) is 39.3 Å². The van der Waals surface area contributed by atoms with Gasteiger partial charge < -0.3 is 29.2 Å². The number of hydrogen-bond acceptors (Lipinski definition) is 10. The minimum absolute atomic E-state index is 0.178. The highest BCUT2D eigenvalue weighted by atomic mass is 32.2. The number of ether oxygens (including phenoxy) is 2. The Morgan fingerprint density at radius 3 is 1.19 bits per heavy atom. The summed E-state index contributed by atoms with van der Waals surface area (Å²) in [6, 6.07) is 11.0. The molecule has 2 rings (SSSR count). The van der Waals surface area contributed by atoms with Crippen molar-refractivity contribution in [2.24, 2.45) is 0 Å². The van der Waals surface area contributed by atoms with Crippen LogP contribution in [0.15, 0.2) is 58.3 Å². The van der Waals surface area contributed by atoms with Crippen LogP contribution in [0.4, 0.5) is 0 Å². The zero-order valence-electron chi connectivity index (χ0n) is 21.5. The zero-order chi connectivity index (χ0) is 28.8. The molecule has 0 fully saturated rings. The maximum Gasteiger partial charge on any atom is 0.367 e. The SMILES string of the molecule is C[NH2+]C(C)C(=O)OCOC(=O)C(C)[NH2+]C.Cc1ccc(S(=O)(=O)[O-])cc1.Cc1ccc(S(=O)(=O)[O-])cc1. The molecule has 0 aliphatic rings. The molecule has 37 heavy (non-hydrogen) atoms. The number of benzene rings is 2. The Hall–Kier alpha value is -2.88. The Bertz CT molecular complexity index is 1100. The van der Waals surface area contributed by atoms with Crippen LogP contribution in [0.1, 0.15) is 25.0 Å². The van der Waals surface area contributed by atoms with Gasteiger partial charge in [-0.05, 0) is 52.0 Å². The summed E-state index contributed by atoms with van der Waals surface area (Å²) in [7, 11) is -5.00. The second-order valence-corrected chi connectivity index (χ2v) is 10.6. The molecule has 12 nitrogen and oxygen atoms in total. The molecule has 208 valence electrons. The Labute approximate surface area is 217 Å². The largest absolute Gasteiger partial charge is 0.744 e. The molecule has 2 unspecified atom stereocenters. The lowest BCUT2D eigenvalue weighted by molar-refractivity contribution is -0.649. The molecular formula is C23H34N2O10S2. The molecule has 2 aromatic carbocycles. The first kappa shape index (κ1) is 34.1. The Kier molecular flexibility index (Phi) is 14.8. The minimum atomic E-state index is -4.27. The molecule has 0 heterocycles. The molecule has 0 amide bonds. The molecule has 0 saturated carbocycles. The molecule has 0 spiro atoms. The van der Waals surface area contributed by atoms with E-state index in [4.69, 9.17) is 9.47 Å². The van der Waals surface area contributed by atoms with E-state index in [2.05, 4.69) is 0 Å². The number of carbonyl (C=O) groups excluding carboxylic acids is 2. The summed E-state index contributed by atoms with van der Waals surface area (Å²) >= 11 is 0. The van der Waals surface area contributed by atoms with Crippen LogP contribution in [0.2, 0.25) is 0 Å². The molecule has 2 atom stereocenters. The van der Waals surface area contributed by atoms with E-state index in [0.29, 0.717) is 0 Å². The molecule has 0 aromatic heterocycles. The molecule has 0 aliphatic carbocycles. The average molecular weight is 563 g/mol. The third-order valence-corrected chi connectivity index (χ3v) is 6.46. The summed E-state index contributed by atoms with van der Waals surface area (Å²) < 4.78 is 71.8. The smallest absolute Gasteiger partial charge is 0.367 e. The summed E-state index contributed by atoms with van der Waals surface area (Å²) in [6.07, 6.45) is 0. The van der Waals surface area contributed by atoms with Crippen molar-refractivity contribution in [1.29, 1.82) is 0 Å². The van der Waals surface area contributed by atoms with E-state index >= 15 is 0 Å². The van der Waals surface area contributed by atoms with Crippen LogP contribution in [-0.4, -0.2) is 70.9 Å². The number of carbonyl (C=O) groups is 2. The fourth-order valence-electron chi connectivity index (χ4n) is 2.09. The van der Waals surface area contributed by atoms with Gasteiger partial charge in [0, 0.05) is 0 Å². The van der Waals surface area contributed by atoms with Crippen molar-refractivity contribution in [3.05, 3.63) is 59.7 Å². The number of likely N-dealkylation sites (N-methyl/N-ethyl adjacent to an activating group) is 2. The van der Waals surface area contributed by atoms with Crippen LogP contribution in [0.25, 0.3) is 0 Å². The first-order valence-electron chi connectivity index (χ1n) is 11.0. The second kappa shape index (κ2) is 16.1. The molecular weight excluding hydrogens is 528 g/mol. The van der Waals surface area contributed by atoms with Gasteiger partial charge in [-0.1, -0.05) is 35.4 Å². The Morgan fingerprint density at radius 1 is 0.703 bits per heavy atom. The summed E-state index contributed by atoms with van der Waals surface area (Å²) in [4.78, 5) is 21.9. The Balaban J connectivity index is 0.000000534. The lowest BCUT2D eigenvalue weighted by Crippen LogP contribution is -2.87. The molecule has 0 saturated heterocycles. The van der Waals surface area contributed by atoms with Crippen molar-refractivity contribution in [2.75, 3.05) is 20.9 Å². The quantitative estimate of drug-likeness (QED) is 0.228. The highest BCUT2D eigenvalue weighted by Gasteiger charge is 2.18. The van der Waals surface area contributed by atoms with Crippen molar-refractivity contribution >= 4 is 32.2 Å². The fraction of sp³-hybridized carbons (Fsp3) is 0.391. The predicted molar refractivity (Wildman–Crippen MR) is 130 cm³/mol. The van der Waals surface area contributed by atoms with Gasteiger partial charge in [0.15, 0.2) is 12.1 Å². The maximum atomic E-state index is 11.1. The molecule has 0 radical (unpaired) electrons. The molecule has 4 N–H and O–H groups in total. The van der Waals surface area contributed by atoms with Crippen molar-refractivity contribution in [3.8, 4) is 0 Å². The van der Waals surface area contributed by atoms with Crippen LogP contribution in [0.5, 0.6) is 0 Å². The molecule has 2 aromatic rings. The molecule has 0 bridgehead atoms. The van der Waals surface area contributed by atoms with Crippen molar-refractivity contribution in [2.45, 2.75) is 49.6 Å². The highest BCUT2D eigenvalue weighted by molar-refractivity contribution is 7.86. The maximum absolute atomic E-state index is 11.1. The third-order valence-electron chi connectivity index (χ3n) is 4.77. The van der Waals surface area contributed by atoms with Gasteiger partial charge in [0.25, 0.3) is 0 Å². The topological polar surface area (TPSA) is 200 Å². The lowest BCUT2D eigenvalue weighted by atomic mass is 10.2. The summed E-state index contributed by atoms with van der Waals surface area (Å²) in [5.74, 6) is -0.781. The van der Waals surface area contributed by atoms with Gasteiger partial charge in [-0.15, -0.1) is 0 Å². The first-order valence-corrected chi connectivity index (χ1v) is 13.8. The van der Waals surface area contributed by atoms with Gasteiger partial charge in [-0.2, -0.15) is 0 Å². The highest BCUT2D eigenvalue weighted by Crippen LogP contribution is 2.09. The second-order valence-electron chi connectivity index (χ2n) is 7.82. The van der Waals surface area contributed by atoms with Gasteiger partial charge >= 0.3 is 11.9 Å². The minimum Gasteiger partial charge on any atom is -0.744 e. The summed E-state index contributed by atoms with van der Waals surface area (Å²) in [5.41, 5.74) is 1.86. The van der Waals surface area contributed by atoms with E-state index in [0.717, 1.165) is 11.1 Å². The van der Waals surface area contributed by atoms with Gasteiger partial charge in [-0.3, -0.25) is 0 Å². The van der Waals surface area contributed by atoms with Crippen molar-refractivity contribution < 1.29 is 55.6 Å². The van der Waals surface area contributed by atoms with E-state index < -0.39 is 32.2 Å². The first-order chi connectivity index (χ1) is 17.0. The van der Waals surface area contributed by atoms with E-state index in [1.807, 2.05) is 13.8 Å². The number of esters is 2. The molecule has 14 heteroatoms. The standard InChI is InChI=1S/C9H18N2O4.2C7H8O3S/c1-6(10-3)8(12)14-5-15-9(13)7(2)11-4;2*1-6-2-4-7(5-3-6)11(8,9)10/h6-7,10-11H,5H2,1-4H3;2*2-5H,1H3,(H,8,9,10). The number of quaternary nitrogens is 2. The third kappa shape index (κ3) is 14.4. The van der Waals surface area contributed by atoms with Gasteiger partial charge in [-0.25, -0.2) is 26.4 Å². The molecule has 0 aliphatic heterocycles. The van der Waals surface area contributed by atoms with E-state index in [1.165, 1.54) is 24.3 Å². The van der Waals surface area contributed by atoms with Crippen LogP contribution >= 0.6 is 0 Å². The van der Waals surface area contributed by atoms with Crippen LogP contribution < -0.4 is 10.6 Å². The zero-order valence-corrected chi connectivity index (χ0v) is 23.2. The van der Waals surface area contributed by atoms with Gasteiger partial charge in [0.05, 0.1) is 23.9 Å². The van der Waals surface area contributed by atoms with Crippen LogP contribution in [0, 0.1) is 13.8 Å². The van der Waals surface area contributed by atoms with Crippen molar-refractivity contribution in [1.82, 2.24) is 0 Å². The van der Waals surface area contributed by atoms with Crippen LogP contribution in [0.3, 0.4) is 0 Å². The number of nitrogens with two attached hydrogens (primary N) is 2. The van der Waals surface area contributed by atoms with Gasteiger partial charge in [0.2, 0.25) is 6.79 Å². The average Bonchev–Trinajstić information content (AvgIpc) is 2.83. The number of hydrogen-bond donors (Lipinski definition) is 2. The van der Waals surface area contributed by atoms with E-state index in [9.17, 15) is 35.5 Å². The number of rotatable bonds is 8. The van der Waals surface area contributed by atoms with Gasteiger partial charge in [0.1, 0.15) is 20.2 Å². The summed E-state index contributed by atoms with van der Waals surface area (Å²) in [6.45, 7) is 6.76.